The standard InChI is InChI=1S/C47H54N4O4/c52-40-15-17-42-37(28-40)10-16-41(35-4-2-1-3-5-35)45(42)36-8-13-39(14-9-36)51-26-22-47(23-27-51)29-32(31-55-47)30-50-24-20-34(21-25-50)33-6-11-38(12-7-33)48-43-18-19-44(53)49-46(43)54/h1-9,11-15,17,28,32,34,41,43,45,48,52H,10,16,18-27,29-31H2,(H,49,53,54)/t32?,41-,43?,45+/m1/s1. The van der Waals surface area contributed by atoms with Gasteiger partial charge in [0, 0.05) is 43.3 Å². The number of carbonyl (C=O) groups is 2. The fraction of sp³-hybridized carbons (Fsp3) is 0.447. The molecule has 286 valence electrons. The Morgan fingerprint density at radius 2 is 1.53 bits per heavy atom. The molecular weight excluding hydrogens is 685 g/mol. The van der Waals surface area contributed by atoms with E-state index >= 15 is 0 Å². The topological polar surface area (TPSA) is 94.1 Å². The summed E-state index contributed by atoms with van der Waals surface area (Å²) >= 11 is 0. The van der Waals surface area contributed by atoms with Gasteiger partial charge in [0.1, 0.15) is 11.8 Å². The number of rotatable bonds is 8. The first-order valence-electron chi connectivity index (χ1n) is 20.7. The van der Waals surface area contributed by atoms with E-state index in [4.69, 9.17) is 4.74 Å². The zero-order chi connectivity index (χ0) is 37.4. The molecule has 8 heteroatoms. The molecule has 5 aliphatic rings. The van der Waals surface area contributed by atoms with Crippen LogP contribution >= 0.6 is 0 Å². The molecule has 2 unspecified atom stereocenters. The van der Waals surface area contributed by atoms with Gasteiger partial charge in [-0.3, -0.25) is 14.9 Å². The van der Waals surface area contributed by atoms with Crippen molar-refractivity contribution < 1.29 is 19.4 Å². The summed E-state index contributed by atoms with van der Waals surface area (Å²) in [6, 6.07) is 34.5. The Hall–Kier alpha value is -4.66. The average Bonchev–Trinajstić information content (AvgIpc) is 3.60. The van der Waals surface area contributed by atoms with Crippen LogP contribution in [0.25, 0.3) is 0 Å². The monoisotopic (exact) mass is 738 g/mol. The van der Waals surface area contributed by atoms with Crippen molar-refractivity contribution in [3.05, 3.63) is 125 Å². The molecule has 2 amide bonds. The van der Waals surface area contributed by atoms with Crippen LogP contribution in [0, 0.1) is 5.92 Å². The lowest BCUT2D eigenvalue weighted by Crippen LogP contribution is -2.47. The predicted octanol–water partition coefficient (Wildman–Crippen LogP) is 7.73. The van der Waals surface area contributed by atoms with Gasteiger partial charge in [-0.05, 0) is 146 Å². The maximum atomic E-state index is 12.1. The number of aromatic hydroxyl groups is 1. The molecule has 4 atom stereocenters. The molecule has 1 aliphatic carbocycles. The zero-order valence-corrected chi connectivity index (χ0v) is 31.8. The normalized spacial score (nSPS) is 25.8. The second-order valence-electron chi connectivity index (χ2n) is 16.9. The Morgan fingerprint density at radius 3 is 2.27 bits per heavy atom. The van der Waals surface area contributed by atoms with E-state index in [9.17, 15) is 14.7 Å². The van der Waals surface area contributed by atoms with E-state index in [2.05, 4.69) is 105 Å². The van der Waals surface area contributed by atoms with Gasteiger partial charge in [-0.25, -0.2) is 0 Å². The van der Waals surface area contributed by atoms with Crippen molar-refractivity contribution in [3.63, 3.8) is 0 Å². The number of nitrogens with zero attached hydrogens (tertiary/aromatic N) is 2. The number of hydrogen-bond acceptors (Lipinski definition) is 7. The third kappa shape index (κ3) is 7.76. The maximum absolute atomic E-state index is 12.1. The highest BCUT2D eigenvalue weighted by Gasteiger charge is 2.43. The Balaban J connectivity index is 0.759. The predicted molar refractivity (Wildman–Crippen MR) is 217 cm³/mol. The van der Waals surface area contributed by atoms with E-state index in [1.807, 2.05) is 12.1 Å². The summed E-state index contributed by atoms with van der Waals surface area (Å²) < 4.78 is 6.66. The number of amides is 2. The second kappa shape index (κ2) is 15.5. The Kier molecular flexibility index (Phi) is 10.1. The molecule has 4 saturated heterocycles. The minimum atomic E-state index is -0.353. The first-order chi connectivity index (χ1) is 26.9. The van der Waals surface area contributed by atoms with E-state index in [0.29, 0.717) is 36.3 Å². The Bertz CT molecular complexity index is 1970. The number of likely N-dealkylation sites (tertiary alicyclic amines) is 1. The average molecular weight is 739 g/mol. The SMILES string of the molecule is O=C1CCC(Nc2ccc(C3CCN(CC4COC5(CCN(c6ccc([C@@H]7c8ccc(O)cc8CC[C@@H]7c7ccccc7)cc6)CC5)C4)CC3)cc2)C(=O)N1. The molecule has 9 rings (SSSR count). The number of piperidine rings is 3. The van der Waals surface area contributed by atoms with Crippen LogP contribution in [0.1, 0.15) is 96.9 Å². The smallest absolute Gasteiger partial charge is 0.249 e. The molecule has 8 nitrogen and oxygen atoms in total. The lowest BCUT2D eigenvalue weighted by atomic mass is 9.69. The molecule has 4 aromatic carbocycles. The fourth-order valence-corrected chi connectivity index (χ4v) is 10.4. The van der Waals surface area contributed by atoms with E-state index in [1.54, 1.807) is 0 Å². The van der Waals surface area contributed by atoms with Crippen LogP contribution in [0.3, 0.4) is 0 Å². The first kappa shape index (κ1) is 36.0. The Labute approximate surface area is 325 Å². The van der Waals surface area contributed by atoms with Crippen LogP contribution in [0.5, 0.6) is 5.75 Å². The van der Waals surface area contributed by atoms with E-state index in [-0.39, 0.29) is 29.4 Å². The van der Waals surface area contributed by atoms with E-state index in [1.165, 1.54) is 39.9 Å². The lowest BCUT2D eigenvalue weighted by Gasteiger charge is -2.40. The molecule has 4 heterocycles. The van der Waals surface area contributed by atoms with Crippen LogP contribution in [-0.4, -0.2) is 72.8 Å². The number of benzene rings is 4. The van der Waals surface area contributed by atoms with E-state index < -0.39 is 0 Å². The van der Waals surface area contributed by atoms with Gasteiger partial charge in [0.2, 0.25) is 11.8 Å². The number of phenols is 1. The molecule has 0 radical (unpaired) electrons. The summed E-state index contributed by atoms with van der Waals surface area (Å²) in [6.07, 6.45) is 8.63. The summed E-state index contributed by atoms with van der Waals surface area (Å²) in [5, 5.41) is 16.0. The van der Waals surface area contributed by atoms with Gasteiger partial charge in [-0.1, -0.05) is 60.7 Å². The molecular formula is C47H54N4O4. The van der Waals surface area contributed by atoms with Crippen molar-refractivity contribution in [2.24, 2.45) is 5.92 Å². The maximum Gasteiger partial charge on any atom is 0.249 e. The van der Waals surface area contributed by atoms with Gasteiger partial charge in [-0.2, -0.15) is 0 Å². The summed E-state index contributed by atoms with van der Waals surface area (Å²) in [5.41, 5.74) is 8.97. The van der Waals surface area contributed by atoms with Crippen molar-refractivity contribution in [1.82, 2.24) is 10.2 Å². The molecule has 4 aliphatic heterocycles. The van der Waals surface area contributed by atoms with Gasteiger partial charge in [0.25, 0.3) is 0 Å². The summed E-state index contributed by atoms with van der Waals surface area (Å²) in [5.74, 6) is 1.76. The molecule has 0 saturated carbocycles. The highest BCUT2D eigenvalue weighted by atomic mass is 16.5. The molecule has 3 N–H and O–H groups in total. The number of ether oxygens (including phenoxy) is 1. The first-order valence-corrected chi connectivity index (χ1v) is 20.7. The summed E-state index contributed by atoms with van der Waals surface area (Å²) in [6.45, 7) is 6.29. The molecule has 4 fully saturated rings. The number of imide groups is 1. The molecule has 4 aromatic rings. The number of fused-ring (bicyclic) bond motifs is 1. The second-order valence-corrected chi connectivity index (χ2v) is 16.9. The quantitative estimate of drug-likeness (QED) is 0.160. The third-order valence-corrected chi connectivity index (χ3v) is 13.5. The number of carbonyl (C=O) groups excluding carboxylic acids is 2. The van der Waals surface area contributed by atoms with Crippen LogP contribution < -0.4 is 15.5 Å². The minimum Gasteiger partial charge on any atom is -0.508 e. The number of phenolic OH excluding ortho intramolecular Hbond substituents is 1. The molecule has 55 heavy (non-hydrogen) atoms. The van der Waals surface area contributed by atoms with Gasteiger partial charge >= 0.3 is 0 Å². The summed E-state index contributed by atoms with van der Waals surface area (Å²) in [4.78, 5) is 28.8. The zero-order valence-electron chi connectivity index (χ0n) is 31.8. The third-order valence-electron chi connectivity index (χ3n) is 13.5. The van der Waals surface area contributed by atoms with Gasteiger partial charge in [-0.15, -0.1) is 0 Å². The molecule has 1 spiro atoms. The van der Waals surface area contributed by atoms with Crippen LogP contribution in [0.2, 0.25) is 0 Å². The highest BCUT2D eigenvalue weighted by Crippen LogP contribution is 2.47. The number of hydrogen-bond donors (Lipinski definition) is 3. The Morgan fingerprint density at radius 1 is 0.782 bits per heavy atom. The number of aryl methyl sites for hydroxylation is 1. The lowest BCUT2D eigenvalue weighted by molar-refractivity contribution is -0.133. The molecule has 0 aromatic heterocycles. The van der Waals surface area contributed by atoms with Crippen molar-refractivity contribution in [2.45, 2.75) is 87.2 Å². The molecule has 0 bridgehead atoms. The fourth-order valence-electron chi connectivity index (χ4n) is 10.4. The number of anilines is 2. The highest BCUT2D eigenvalue weighted by molar-refractivity contribution is 6.01. The largest absolute Gasteiger partial charge is 0.508 e. The van der Waals surface area contributed by atoms with Crippen LogP contribution in [0.4, 0.5) is 11.4 Å². The van der Waals surface area contributed by atoms with Gasteiger partial charge in [0.15, 0.2) is 0 Å². The summed E-state index contributed by atoms with van der Waals surface area (Å²) in [7, 11) is 0. The number of nitrogens with one attached hydrogen (secondary N) is 2. The van der Waals surface area contributed by atoms with Crippen molar-refractivity contribution >= 4 is 23.2 Å². The van der Waals surface area contributed by atoms with Crippen molar-refractivity contribution in [1.29, 1.82) is 0 Å². The van der Waals surface area contributed by atoms with E-state index in [0.717, 1.165) is 83.5 Å². The van der Waals surface area contributed by atoms with Crippen LogP contribution in [0.15, 0.2) is 97.1 Å². The van der Waals surface area contributed by atoms with Crippen molar-refractivity contribution in [2.75, 3.05) is 49.5 Å². The van der Waals surface area contributed by atoms with Crippen LogP contribution in [-0.2, 0) is 20.7 Å². The van der Waals surface area contributed by atoms with Gasteiger partial charge in [0.05, 0.1) is 12.2 Å². The van der Waals surface area contributed by atoms with Gasteiger partial charge < -0.3 is 25.0 Å². The van der Waals surface area contributed by atoms with Crippen molar-refractivity contribution in [3.8, 4) is 5.75 Å². The minimum absolute atomic E-state index is 0.0172.